The van der Waals surface area contributed by atoms with E-state index in [-0.39, 0.29) is 17.0 Å². The predicted octanol–water partition coefficient (Wildman–Crippen LogP) is 3.41. The Hall–Kier alpha value is -3.30. The third-order valence-corrected chi connectivity index (χ3v) is 3.51. The first-order valence-corrected chi connectivity index (χ1v) is 7.71. The Morgan fingerprint density at radius 3 is 2.14 bits per heavy atom. The first kappa shape index (κ1) is 21.0. The van der Waals surface area contributed by atoms with Gasteiger partial charge in [-0.05, 0) is 36.4 Å². The molecule has 1 heterocycles. The van der Waals surface area contributed by atoms with Gasteiger partial charge in [-0.1, -0.05) is 6.08 Å². The average molecular weight is 401 g/mol. The Morgan fingerprint density at radius 2 is 1.61 bits per heavy atom. The Kier molecular flexibility index (Phi) is 6.45. The lowest BCUT2D eigenvalue weighted by Gasteiger charge is -2.23. The number of halogens is 4. The van der Waals surface area contributed by atoms with Crippen LogP contribution in [0.4, 0.5) is 23.2 Å². The van der Waals surface area contributed by atoms with Gasteiger partial charge in [-0.2, -0.15) is 17.6 Å². The molecule has 0 amide bonds. The van der Waals surface area contributed by atoms with Gasteiger partial charge in [0.1, 0.15) is 11.4 Å². The molecule has 0 spiro atoms. The van der Waals surface area contributed by atoms with Gasteiger partial charge in [0.05, 0.1) is 19.8 Å². The molecule has 150 valence electrons. The third kappa shape index (κ3) is 4.51. The summed E-state index contributed by atoms with van der Waals surface area (Å²) < 4.78 is 63.9. The van der Waals surface area contributed by atoms with Crippen molar-refractivity contribution in [1.82, 2.24) is 0 Å². The number of hydrogen-bond donors (Lipinski definition) is 0. The molecule has 0 fully saturated rings. The first-order chi connectivity index (χ1) is 13.2. The summed E-state index contributed by atoms with van der Waals surface area (Å²) in [5.41, 5.74) is -0.0516. The fourth-order valence-electron chi connectivity index (χ4n) is 2.24. The second-order valence-electron chi connectivity index (χ2n) is 5.27. The lowest BCUT2D eigenvalue weighted by atomic mass is 10.1. The number of nitrogens with zero attached hydrogens (tertiary/aromatic N) is 1. The second kappa shape index (κ2) is 8.59. The van der Waals surface area contributed by atoms with Gasteiger partial charge >= 0.3 is 24.5 Å². The molecule has 1 aromatic rings. The lowest BCUT2D eigenvalue weighted by molar-refractivity contribution is -0.253. The van der Waals surface area contributed by atoms with Gasteiger partial charge in [-0.3, -0.25) is 0 Å². The van der Waals surface area contributed by atoms with Gasteiger partial charge in [0.15, 0.2) is 0 Å². The summed E-state index contributed by atoms with van der Waals surface area (Å²) in [4.78, 5) is 25.6. The molecule has 0 radical (unpaired) electrons. The van der Waals surface area contributed by atoms with E-state index in [0.717, 1.165) is 26.4 Å². The zero-order chi connectivity index (χ0) is 20.9. The molecule has 1 aromatic carbocycles. The van der Waals surface area contributed by atoms with Crippen molar-refractivity contribution in [2.24, 2.45) is 0 Å². The Labute approximate surface area is 157 Å². The van der Waals surface area contributed by atoms with Gasteiger partial charge in [0.25, 0.3) is 0 Å². The van der Waals surface area contributed by atoms with E-state index in [1.807, 2.05) is 0 Å². The smallest absolute Gasteiger partial charge is 0.461 e. The first-order valence-electron chi connectivity index (χ1n) is 7.71. The summed E-state index contributed by atoms with van der Waals surface area (Å²) in [6.45, 7) is 0. The molecule has 0 N–H and O–H groups in total. The van der Waals surface area contributed by atoms with Crippen LogP contribution in [0.5, 0.6) is 5.75 Å². The van der Waals surface area contributed by atoms with Gasteiger partial charge in [0, 0.05) is 11.9 Å². The highest BCUT2D eigenvalue weighted by atomic mass is 19.3. The molecule has 0 saturated carbocycles. The molecule has 0 atom stereocenters. The Bertz CT molecular complexity index is 831. The van der Waals surface area contributed by atoms with Crippen LogP contribution in [-0.2, 0) is 19.1 Å². The van der Waals surface area contributed by atoms with E-state index in [1.165, 1.54) is 41.5 Å². The van der Waals surface area contributed by atoms with E-state index in [9.17, 15) is 27.2 Å². The number of allylic oxidation sites excluding steroid dienone is 2. The Balaban J connectivity index is 2.44. The van der Waals surface area contributed by atoms with Crippen molar-refractivity contribution in [2.45, 2.75) is 12.5 Å². The highest BCUT2D eigenvalue weighted by molar-refractivity contribution is 6.05. The van der Waals surface area contributed by atoms with E-state index in [4.69, 9.17) is 4.74 Å². The molecule has 10 heteroatoms. The summed E-state index contributed by atoms with van der Waals surface area (Å²) in [5.74, 6) is -2.18. The number of methoxy groups -OCH3 is 2. The number of alkyl halides is 4. The molecule has 0 bridgehead atoms. The topological polar surface area (TPSA) is 65.1 Å². The van der Waals surface area contributed by atoms with E-state index in [0.29, 0.717) is 0 Å². The van der Waals surface area contributed by atoms with Crippen LogP contribution in [0.3, 0.4) is 0 Å². The summed E-state index contributed by atoms with van der Waals surface area (Å²) in [6.07, 6.45) is -2.90. The van der Waals surface area contributed by atoms with Crippen molar-refractivity contribution in [2.75, 3.05) is 19.1 Å². The molecule has 0 aliphatic carbocycles. The van der Waals surface area contributed by atoms with Gasteiger partial charge in [-0.15, -0.1) is 0 Å². The SMILES string of the molecule is COC(=O)C1=C(C(=O)OC)N(c2ccc(OC(F)(F)C(F)F)cc2)C=CC=C1. The van der Waals surface area contributed by atoms with E-state index in [2.05, 4.69) is 9.47 Å². The number of anilines is 1. The van der Waals surface area contributed by atoms with Crippen molar-refractivity contribution in [3.05, 3.63) is 60.0 Å². The molecule has 28 heavy (non-hydrogen) atoms. The minimum absolute atomic E-state index is 0.107. The molecular weight excluding hydrogens is 386 g/mol. The van der Waals surface area contributed by atoms with E-state index in [1.54, 1.807) is 0 Å². The van der Waals surface area contributed by atoms with E-state index < -0.39 is 30.2 Å². The van der Waals surface area contributed by atoms with Crippen molar-refractivity contribution in [3.63, 3.8) is 0 Å². The zero-order valence-electron chi connectivity index (χ0n) is 14.7. The number of carbonyl (C=O) groups is 2. The van der Waals surface area contributed by atoms with Crippen LogP contribution in [-0.4, -0.2) is 38.7 Å². The summed E-state index contributed by atoms with van der Waals surface area (Å²) in [5, 5.41) is 0. The minimum Gasteiger partial charge on any atom is -0.465 e. The number of rotatable bonds is 6. The van der Waals surface area contributed by atoms with Crippen molar-refractivity contribution in [3.8, 4) is 5.75 Å². The summed E-state index contributed by atoms with van der Waals surface area (Å²) in [6, 6.07) is 4.52. The molecule has 2 rings (SSSR count). The van der Waals surface area contributed by atoms with E-state index >= 15 is 0 Å². The van der Waals surface area contributed by atoms with Crippen LogP contribution < -0.4 is 9.64 Å². The standard InChI is InChI=1S/C18H15F4NO5/c1-26-15(24)13-5-3-4-10-23(14(13)16(25)27-2)11-6-8-12(9-7-11)28-18(21,22)17(19)20/h3-10,17H,1-2H3. The highest BCUT2D eigenvalue weighted by Gasteiger charge is 2.44. The molecule has 0 unspecified atom stereocenters. The maximum absolute atomic E-state index is 13.0. The highest BCUT2D eigenvalue weighted by Crippen LogP contribution is 2.31. The largest absolute Gasteiger partial charge is 0.465 e. The third-order valence-electron chi connectivity index (χ3n) is 3.51. The van der Waals surface area contributed by atoms with Crippen molar-refractivity contribution in [1.29, 1.82) is 0 Å². The summed E-state index contributed by atoms with van der Waals surface area (Å²) in [7, 11) is 2.25. The zero-order valence-corrected chi connectivity index (χ0v) is 14.7. The predicted molar refractivity (Wildman–Crippen MR) is 89.8 cm³/mol. The normalized spacial score (nSPS) is 14.2. The van der Waals surface area contributed by atoms with Crippen LogP contribution in [0.15, 0.2) is 60.0 Å². The molecule has 1 aliphatic rings. The van der Waals surface area contributed by atoms with Crippen LogP contribution in [0.1, 0.15) is 0 Å². The number of esters is 2. The van der Waals surface area contributed by atoms with Crippen LogP contribution in [0, 0.1) is 0 Å². The monoisotopic (exact) mass is 401 g/mol. The molecule has 6 nitrogen and oxygen atoms in total. The Morgan fingerprint density at radius 1 is 1.00 bits per heavy atom. The number of benzene rings is 1. The second-order valence-corrected chi connectivity index (χ2v) is 5.27. The van der Waals surface area contributed by atoms with Gasteiger partial charge < -0.3 is 19.1 Å². The number of hydrogen-bond acceptors (Lipinski definition) is 6. The fourth-order valence-corrected chi connectivity index (χ4v) is 2.24. The fraction of sp³-hybridized carbons (Fsp3) is 0.222. The molecule has 0 saturated heterocycles. The van der Waals surface area contributed by atoms with Crippen molar-refractivity contribution < 1.29 is 41.4 Å². The minimum atomic E-state index is -4.65. The lowest BCUT2D eigenvalue weighted by Crippen LogP contribution is -2.33. The average Bonchev–Trinajstić information content (AvgIpc) is 2.90. The van der Waals surface area contributed by atoms with Gasteiger partial charge in [-0.25, -0.2) is 9.59 Å². The molecule has 0 aromatic heterocycles. The van der Waals surface area contributed by atoms with Crippen molar-refractivity contribution >= 4 is 17.6 Å². The maximum atomic E-state index is 13.0. The van der Waals surface area contributed by atoms with Crippen LogP contribution in [0.2, 0.25) is 0 Å². The van der Waals surface area contributed by atoms with Crippen LogP contribution in [0.25, 0.3) is 0 Å². The molecule has 1 aliphatic heterocycles. The summed E-state index contributed by atoms with van der Waals surface area (Å²) >= 11 is 0. The number of carbonyl (C=O) groups excluding carboxylic acids is 2. The maximum Gasteiger partial charge on any atom is 0.461 e. The molecular formula is C18H15F4NO5. The van der Waals surface area contributed by atoms with Crippen LogP contribution >= 0.6 is 0 Å². The quantitative estimate of drug-likeness (QED) is 0.538. The number of ether oxygens (including phenoxy) is 3. The van der Waals surface area contributed by atoms with Gasteiger partial charge in [0.2, 0.25) is 0 Å².